The molecule has 0 saturated carbocycles. The summed E-state index contributed by atoms with van der Waals surface area (Å²) in [4.78, 5) is 25.3. The van der Waals surface area contributed by atoms with Gasteiger partial charge in [0.05, 0.1) is 48.7 Å². The average molecular weight is 602 g/mol. The van der Waals surface area contributed by atoms with Crippen LogP contribution >= 0.6 is 22.9 Å². The van der Waals surface area contributed by atoms with Crippen LogP contribution in [-0.2, 0) is 20.7 Å². The third-order valence-electron chi connectivity index (χ3n) is 8.49. The van der Waals surface area contributed by atoms with Crippen molar-refractivity contribution in [1.29, 1.82) is 0 Å². The van der Waals surface area contributed by atoms with Crippen LogP contribution in [0.2, 0.25) is 5.02 Å². The van der Waals surface area contributed by atoms with Crippen molar-refractivity contribution >= 4 is 44.8 Å². The van der Waals surface area contributed by atoms with E-state index in [0.29, 0.717) is 23.6 Å². The number of esters is 1. The van der Waals surface area contributed by atoms with Gasteiger partial charge in [0.15, 0.2) is 5.65 Å². The van der Waals surface area contributed by atoms with Gasteiger partial charge in [-0.2, -0.15) is 5.10 Å². The summed E-state index contributed by atoms with van der Waals surface area (Å²) >= 11 is 7.83. The summed E-state index contributed by atoms with van der Waals surface area (Å²) in [5.74, 6) is 0.189. The number of nitrogens with zero attached hydrogens (tertiary/aromatic N) is 5. The highest BCUT2D eigenvalue weighted by Gasteiger charge is 2.31. The summed E-state index contributed by atoms with van der Waals surface area (Å²) in [5.41, 5.74) is 7.73. The average Bonchev–Trinajstić information content (AvgIpc) is 3.58. The number of fused-ring (bicyclic) bond motifs is 2. The van der Waals surface area contributed by atoms with Gasteiger partial charge in [0.25, 0.3) is 0 Å². The van der Waals surface area contributed by atoms with Crippen molar-refractivity contribution in [3.63, 3.8) is 0 Å². The highest BCUT2D eigenvalue weighted by molar-refractivity contribution is 7.22. The molecule has 7 rings (SSSR count). The number of likely N-dealkylation sites (tertiary alicyclic amines) is 1. The van der Waals surface area contributed by atoms with Crippen LogP contribution in [-0.4, -0.2) is 69.4 Å². The van der Waals surface area contributed by atoms with Crippen molar-refractivity contribution in [2.24, 2.45) is 0 Å². The van der Waals surface area contributed by atoms with Gasteiger partial charge in [-0.3, -0.25) is 9.69 Å². The monoisotopic (exact) mass is 601 g/mol. The van der Waals surface area contributed by atoms with E-state index in [1.807, 2.05) is 61.1 Å². The van der Waals surface area contributed by atoms with E-state index in [4.69, 9.17) is 31.0 Å². The Morgan fingerprint density at radius 1 is 1.14 bits per heavy atom. The molecule has 0 atom stereocenters. The maximum Gasteiger partial charge on any atom is 0.310 e. The minimum atomic E-state index is -0.243. The second-order valence-electron chi connectivity index (χ2n) is 11.1. The van der Waals surface area contributed by atoms with E-state index in [2.05, 4.69) is 16.1 Å². The lowest BCUT2D eigenvalue weighted by Gasteiger charge is -2.41. The van der Waals surface area contributed by atoms with Crippen LogP contribution in [0.3, 0.4) is 0 Å². The Hall–Kier alpha value is -3.37. The van der Waals surface area contributed by atoms with Crippen LogP contribution in [0.5, 0.6) is 0 Å². The molecule has 0 radical (unpaired) electrons. The predicted octanol–water partition coefficient (Wildman–Crippen LogP) is 6.32. The van der Waals surface area contributed by atoms with Crippen molar-refractivity contribution < 1.29 is 14.3 Å². The smallest absolute Gasteiger partial charge is 0.310 e. The molecule has 0 N–H and O–H groups in total. The van der Waals surface area contributed by atoms with E-state index in [9.17, 15) is 4.79 Å². The minimum Gasteiger partial charge on any atom is -0.466 e. The number of ether oxygens (including phenoxy) is 2. The lowest BCUT2D eigenvalue weighted by Crippen LogP contribution is -2.51. The standard InChI is InChI=1S/C32H32ClN5O3S/c1-3-41-28(39)15-24-19(2)14-27-30(29(24)21-4-6-22(33)7-5-21)42-32(36-27)26-10-13-38-31(35-26)25(16-34-38)20-8-11-37(12-9-20)23-17-40-18-23/h4-7,10,13-14,16,20,23H,3,8-9,11-12,15,17-18H2,1-2H3. The van der Waals surface area contributed by atoms with Gasteiger partial charge in [-0.05, 0) is 86.7 Å². The molecule has 0 aliphatic carbocycles. The second kappa shape index (κ2) is 11.4. The van der Waals surface area contributed by atoms with Crippen LogP contribution in [0.25, 0.3) is 37.7 Å². The highest BCUT2D eigenvalue weighted by atomic mass is 35.5. The molecule has 5 aromatic rings. The number of aromatic nitrogens is 4. The third kappa shape index (κ3) is 5.08. The van der Waals surface area contributed by atoms with Gasteiger partial charge >= 0.3 is 5.97 Å². The number of thiazole rings is 1. The van der Waals surface area contributed by atoms with E-state index >= 15 is 0 Å². The quantitative estimate of drug-likeness (QED) is 0.202. The van der Waals surface area contributed by atoms with Crippen LogP contribution in [0.15, 0.2) is 48.8 Å². The van der Waals surface area contributed by atoms with E-state index in [1.54, 1.807) is 11.3 Å². The summed E-state index contributed by atoms with van der Waals surface area (Å²) < 4.78 is 13.6. The van der Waals surface area contributed by atoms with E-state index in [-0.39, 0.29) is 12.4 Å². The van der Waals surface area contributed by atoms with Gasteiger partial charge in [0.1, 0.15) is 10.7 Å². The van der Waals surface area contributed by atoms with Crippen molar-refractivity contribution in [3.05, 3.63) is 70.5 Å². The Kier molecular flexibility index (Phi) is 7.44. The lowest BCUT2D eigenvalue weighted by molar-refractivity contribution is -0.142. The maximum atomic E-state index is 12.6. The van der Waals surface area contributed by atoms with Gasteiger partial charge in [0.2, 0.25) is 0 Å². The number of hydrogen-bond donors (Lipinski definition) is 0. The molecule has 3 aromatic heterocycles. The molecule has 2 saturated heterocycles. The number of carbonyl (C=O) groups excluding carboxylic acids is 1. The van der Waals surface area contributed by atoms with Gasteiger partial charge in [-0.15, -0.1) is 11.3 Å². The second-order valence-corrected chi connectivity index (χ2v) is 12.5. The third-order valence-corrected chi connectivity index (χ3v) is 9.86. The summed E-state index contributed by atoms with van der Waals surface area (Å²) in [7, 11) is 0. The molecule has 42 heavy (non-hydrogen) atoms. The van der Waals surface area contributed by atoms with Crippen LogP contribution in [0.1, 0.15) is 42.4 Å². The van der Waals surface area contributed by atoms with Gasteiger partial charge in [-0.1, -0.05) is 23.7 Å². The molecule has 2 aliphatic heterocycles. The molecule has 216 valence electrons. The van der Waals surface area contributed by atoms with E-state index in [1.165, 1.54) is 5.56 Å². The Morgan fingerprint density at radius 2 is 1.93 bits per heavy atom. The Bertz CT molecular complexity index is 1770. The number of rotatable bonds is 7. The minimum absolute atomic E-state index is 0.191. The first kappa shape index (κ1) is 27.5. The van der Waals surface area contributed by atoms with E-state index in [0.717, 1.165) is 88.0 Å². The van der Waals surface area contributed by atoms with Crippen molar-refractivity contribution in [2.75, 3.05) is 32.9 Å². The number of carbonyl (C=O) groups is 1. The lowest BCUT2D eigenvalue weighted by atomic mass is 9.90. The van der Waals surface area contributed by atoms with Crippen LogP contribution in [0, 0.1) is 6.92 Å². The number of hydrogen-bond acceptors (Lipinski definition) is 8. The molecule has 8 nitrogen and oxygen atoms in total. The fourth-order valence-corrected chi connectivity index (χ4v) is 7.39. The molecule has 10 heteroatoms. The topological polar surface area (TPSA) is 81.8 Å². The summed E-state index contributed by atoms with van der Waals surface area (Å²) in [5, 5.41) is 6.13. The summed E-state index contributed by atoms with van der Waals surface area (Å²) in [6, 6.07) is 12.4. The summed E-state index contributed by atoms with van der Waals surface area (Å²) in [6.45, 7) is 8.07. The zero-order valence-corrected chi connectivity index (χ0v) is 25.2. The molecule has 2 aromatic carbocycles. The fourth-order valence-electron chi connectivity index (χ4n) is 6.15. The van der Waals surface area contributed by atoms with Crippen molar-refractivity contribution in [3.8, 4) is 21.8 Å². The Morgan fingerprint density at radius 3 is 2.64 bits per heavy atom. The van der Waals surface area contributed by atoms with Crippen molar-refractivity contribution in [2.45, 2.75) is 45.1 Å². The van der Waals surface area contributed by atoms with Crippen LogP contribution < -0.4 is 0 Å². The van der Waals surface area contributed by atoms with Gasteiger partial charge in [0, 0.05) is 22.3 Å². The molecule has 0 unspecified atom stereocenters. The van der Waals surface area contributed by atoms with Crippen molar-refractivity contribution in [1.82, 2.24) is 24.5 Å². The SMILES string of the molecule is CCOC(=O)Cc1c(C)cc2nc(-c3ccn4ncc(C5CCN(C6COC6)CC5)c4n3)sc2c1-c1ccc(Cl)cc1. The fraction of sp³-hybridized carbons (Fsp3) is 0.375. The molecule has 5 heterocycles. The zero-order chi connectivity index (χ0) is 28.8. The molecule has 2 fully saturated rings. The molecule has 0 amide bonds. The summed E-state index contributed by atoms with van der Waals surface area (Å²) in [6.07, 6.45) is 6.35. The normalized spacial score (nSPS) is 16.7. The first-order valence-corrected chi connectivity index (χ1v) is 15.7. The highest BCUT2D eigenvalue weighted by Crippen LogP contribution is 2.41. The van der Waals surface area contributed by atoms with Crippen LogP contribution in [0.4, 0.5) is 0 Å². The molecule has 0 bridgehead atoms. The molecule has 2 aliphatic rings. The Labute approximate surface area is 253 Å². The number of benzene rings is 2. The van der Waals surface area contributed by atoms with Gasteiger partial charge in [-0.25, -0.2) is 14.5 Å². The molecular weight excluding hydrogens is 570 g/mol. The maximum absolute atomic E-state index is 12.6. The first-order chi connectivity index (χ1) is 20.5. The van der Waals surface area contributed by atoms with Gasteiger partial charge < -0.3 is 9.47 Å². The largest absolute Gasteiger partial charge is 0.466 e. The number of halogens is 1. The molecule has 0 spiro atoms. The Balaban J connectivity index is 1.27. The predicted molar refractivity (Wildman–Crippen MR) is 165 cm³/mol. The first-order valence-electron chi connectivity index (χ1n) is 14.5. The number of aryl methyl sites for hydroxylation is 1. The molecular formula is C32H32ClN5O3S. The van der Waals surface area contributed by atoms with E-state index < -0.39 is 0 Å². The number of piperidine rings is 1. The zero-order valence-electron chi connectivity index (χ0n) is 23.7.